The molecule has 2 heterocycles. The zero-order valence-electron chi connectivity index (χ0n) is 34.0. The molecule has 0 amide bonds. The van der Waals surface area contributed by atoms with Gasteiger partial charge in [0, 0.05) is 21.2 Å². The van der Waals surface area contributed by atoms with Crippen LogP contribution in [0.3, 0.4) is 0 Å². The Labute approximate surface area is 371 Å². The normalized spacial score (nSPS) is 13.0. The highest BCUT2D eigenvalue weighted by Crippen LogP contribution is 2.59. The van der Waals surface area contributed by atoms with Gasteiger partial charge in [-0.15, -0.1) is 0 Å². The van der Waals surface area contributed by atoms with Crippen molar-refractivity contribution in [1.82, 2.24) is 0 Å². The largest absolute Gasteiger partial charge is 0.310 e. The molecular weight excluding hydrogens is 787 g/mol. The van der Waals surface area contributed by atoms with E-state index in [0.717, 1.165) is 51.2 Å². The van der Waals surface area contributed by atoms with Crippen LogP contribution in [-0.4, -0.2) is 0 Å². The van der Waals surface area contributed by atoms with E-state index in [-0.39, 0.29) is 0 Å². The van der Waals surface area contributed by atoms with Crippen molar-refractivity contribution in [2.24, 2.45) is 0 Å². The number of nitriles is 1. The lowest BCUT2D eigenvalue weighted by molar-refractivity contribution is 0.731. The molecule has 0 unspecified atom stereocenters. The number of rotatable bonds is 7. The maximum atomic E-state index is 9.82. The minimum Gasteiger partial charge on any atom is -0.310 e. The Kier molecular flexibility index (Phi) is 9.35. The van der Waals surface area contributed by atoms with E-state index in [2.05, 4.69) is 202 Å². The van der Waals surface area contributed by atoms with Gasteiger partial charge in [-0.25, -0.2) is 4.85 Å². The van der Waals surface area contributed by atoms with Crippen molar-refractivity contribution in [2.45, 2.75) is 15.2 Å². The highest BCUT2D eigenvalue weighted by molar-refractivity contribution is 7.99. The summed E-state index contributed by atoms with van der Waals surface area (Å²) in [4.78, 5) is 13.1. The zero-order chi connectivity index (χ0) is 42.3. The number of hydrogen-bond acceptors (Lipinski definition) is 5. The molecule has 9 aromatic carbocycles. The highest BCUT2D eigenvalue weighted by Gasteiger charge is 2.46. The number of anilines is 9. The molecule has 11 rings (SSSR count). The topological polar surface area (TPSA) is 37.9 Å². The van der Waals surface area contributed by atoms with Gasteiger partial charge in [0.2, 0.25) is 0 Å². The maximum Gasteiger partial charge on any atom is 0.187 e. The zero-order valence-corrected chi connectivity index (χ0v) is 34.8. The molecular formula is C57H37N5S. The van der Waals surface area contributed by atoms with Crippen LogP contribution in [0.25, 0.3) is 4.85 Å². The summed E-state index contributed by atoms with van der Waals surface area (Å²) in [6, 6.07) is 81.2. The van der Waals surface area contributed by atoms with Crippen LogP contribution in [0, 0.1) is 17.9 Å². The van der Waals surface area contributed by atoms with E-state index in [1.165, 1.54) is 32.0 Å². The van der Waals surface area contributed by atoms with E-state index >= 15 is 0 Å². The van der Waals surface area contributed by atoms with E-state index in [1.807, 2.05) is 48.5 Å². The fourth-order valence-electron chi connectivity index (χ4n) is 9.45. The molecule has 0 spiro atoms. The van der Waals surface area contributed by atoms with Crippen molar-refractivity contribution in [3.63, 3.8) is 0 Å². The Bertz CT molecular complexity index is 3050. The first-order valence-electron chi connectivity index (χ1n) is 20.8. The third kappa shape index (κ3) is 6.24. The third-order valence-electron chi connectivity index (χ3n) is 12.1. The lowest BCUT2D eigenvalue weighted by Gasteiger charge is -2.46. The molecule has 2 aliphatic rings. The van der Waals surface area contributed by atoms with E-state index in [0.29, 0.717) is 11.3 Å². The summed E-state index contributed by atoms with van der Waals surface area (Å²) in [5.74, 6) is 0. The molecule has 296 valence electrons. The lowest BCUT2D eigenvalue weighted by atomic mass is 9.62. The molecule has 5 nitrogen and oxygen atoms in total. The average molecular weight is 824 g/mol. The van der Waals surface area contributed by atoms with Crippen LogP contribution >= 0.6 is 11.8 Å². The summed E-state index contributed by atoms with van der Waals surface area (Å²) < 4.78 is 0. The first-order valence-corrected chi connectivity index (χ1v) is 21.7. The first-order chi connectivity index (χ1) is 31.1. The van der Waals surface area contributed by atoms with E-state index in [4.69, 9.17) is 6.57 Å². The van der Waals surface area contributed by atoms with Gasteiger partial charge in [-0.1, -0.05) is 145 Å². The minimum atomic E-state index is -0.617. The number of hydrogen-bond donors (Lipinski definition) is 0. The number of nitrogens with zero attached hydrogens (tertiary/aromatic N) is 5. The average Bonchev–Trinajstić information content (AvgIpc) is 3.35. The lowest BCUT2D eigenvalue weighted by Crippen LogP contribution is -2.37. The Balaban J connectivity index is 1.22. The number of fused-ring (bicyclic) bond motifs is 4. The highest BCUT2D eigenvalue weighted by atomic mass is 32.2. The molecule has 0 atom stereocenters. The van der Waals surface area contributed by atoms with Crippen molar-refractivity contribution in [2.75, 3.05) is 14.7 Å². The van der Waals surface area contributed by atoms with Crippen LogP contribution in [0.1, 0.15) is 27.8 Å². The molecule has 0 saturated heterocycles. The smallest absolute Gasteiger partial charge is 0.187 e. The summed E-state index contributed by atoms with van der Waals surface area (Å²) in [7, 11) is 0. The molecule has 0 bridgehead atoms. The fraction of sp³-hybridized carbons (Fsp3) is 0.0175. The Hall–Kier alpha value is -8.29. The maximum absolute atomic E-state index is 9.82. The standard InChI is InChI=1S/C57H37N5S/c1-59-43-30-34-45(35-31-43)60(44-32-28-40(39-58)29-33-44)46-36-47(38-48(37-46)62-53-24-12-14-26-55(53)63-56-27-15-13-25-54(56)62)61-51-22-10-8-20-49(51)57(41-16-4-2-5-17-41,42-18-6-3-7-19-42)50-21-9-11-23-52(50)61/h2-38H. The Morgan fingerprint density at radius 2 is 0.889 bits per heavy atom. The van der Waals surface area contributed by atoms with Gasteiger partial charge >= 0.3 is 0 Å². The van der Waals surface area contributed by atoms with Crippen molar-refractivity contribution in [1.29, 1.82) is 5.26 Å². The predicted octanol–water partition coefficient (Wildman–Crippen LogP) is 15.7. The van der Waals surface area contributed by atoms with E-state index in [1.54, 1.807) is 11.8 Å². The van der Waals surface area contributed by atoms with Gasteiger partial charge in [-0.2, -0.15) is 5.26 Å². The van der Waals surface area contributed by atoms with Crippen molar-refractivity contribution in [3.8, 4) is 6.07 Å². The minimum absolute atomic E-state index is 0.564. The monoisotopic (exact) mass is 823 g/mol. The van der Waals surface area contributed by atoms with Gasteiger partial charge in [0.1, 0.15) is 0 Å². The molecule has 6 heteroatoms. The molecule has 0 aromatic heterocycles. The molecule has 63 heavy (non-hydrogen) atoms. The first kappa shape index (κ1) is 37.7. The van der Waals surface area contributed by atoms with Crippen LogP contribution in [0.4, 0.5) is 56.9 Å². The predicted molar refractivity (Wildman–Crippen MR) is 257 cm³/mol. The van der Waals surface area contributed by atoms with Gasteiger partial charge in [0.15, 0.2) is 5.69 Å². The van der Waals surface area contributed by atoms with Gasteiger partial charge in [-0.3, -0.25) is 0 Å². The SMILES string of the molecule is [C-]#[N+]c1ccc(N(c2ccc(C#N)cc2)c2cc(N3c4ccccc4Sc4ccccc43)cc(N3c4ccccc4C(c4ccccc4)(c4ccccc4)c4ccccc43)c2)cc1. The molecule has 0 fully saturated rings. The number of para-hydroxylation sites is 4. The van der Waals surface area contributed by atoms with Crippen LogP contribution in [0.5, 0.6) is 0 Å². The Morgan fingerprint density at radius 3 is 1.38 bits per heavy atom. The summed E-state index contributed by atoms with van der Waals surface area (Å²) in [5, 5.41) is 9.82. The van der Waals surface area contributed by atoms with Crippen LogP contribution in [0.2, 0.25) is 0 Å². The second kappa shape index (κ2) is 15.6. The van der Waals surface area contributed by atoms with Gasteiger partial charge in [0.05, 0.1) is 63.4 Å². The summed E-state index contributed by atoms with van der Waals surface area (Å²) >= 11 is 1.79. The van der Waals surface area contributed by atoms with E-state index in [9.17, 15) is 5.26 Å². The Morgan fingerprint density at radius 1 is 0.460 bits per heavy atom. The molecule has 9 aromatic rings. The summed E-state index contributed by atoms with van der Waals surface area (Å²) in [6.45, 7) is 7.72. The van der Waals surface area contributed by atoms with Gasteiger partial charge in [-0.05, 0) is 113 Å². The quantitative estimate of drug-likeness (QED) is 0.150. The van der Waals surface area contributed by atoms with Crippen molar-refractivity contribution in [3.05, 3.63) is 264 Å². The summed E-state index contributed by atoms with van der Waals surface area (Å²) in [5.41, 5.74) is 14.3. The van der Waals surface area contributed by atoms with Crippen molar-refractivity contribution < 1.29 is 0 Å². The second-order valence-corrected chi connectivity index (χ2v) is 16.6. The van der Waals surface area contributed by atoms with Crippen LogP contribution < -0.4 is 14.7 Å². The summed E-state index contributed by atoms with van der Waals surface area (Å²) in [6.07, 6.45) is 0. The molecule has 0 saturated carbocycles. The number of benzene rings is 9. The van der Waals surface area contributed by atoms with Gasteiger partial charge < -0.3 is 14.7 Å². The molecule has 2 aliphatic heterocycles. The third-order valence-corrected chi connectivity index (χ3v) is 13.2. The second-order valence-electron chi connectivity index (χ2n) is 15.6. The van der Waals surface area contributed by atoms with Crippen LogP contribution in [-0.2, 0) is 5.41 Å². The molecule has 0 N–H and O–H groups in total. The molecule has 0 aliphatic carbocycles. The van der Waals surface area contributed by atoms with Crippen molar-refractivity contribution >= 4 is 68.6 Å². The van der Waals surface area contributed by atoms with E-state index < -0.39 is 5.41 Å². The fourth-order valence-corrected chi connectivity index (χ4v) is 10.5. The van der Waals surface area contributed by atoms with Crippen LogP contribution in [0.15, 0.2) is 234 Å². The van der Waals surface area contributed by atoms with Gasteiger partial charge in [0.25, 0.3) is 0 Å². The molecule has 0 radical (unpaired) electrons.